The Hall–Kier alpha value is -1.36. The van der Waals surface area contributed by atoms with E-state index in [1.54, 1.807) is 0 Å². The summed E-state index contributed by atoms with van der Waals surface area (Å²) in [6.45, 7) is 0. The molecule has 1 unspecified atom stereocenters. The smallest absolute Gasteiger partial charge is 0.317 e. The molecule has 1 aromatic carbocycles. The molecular weight excluding hydrogens is 214 g/mol. The standard InChI is InChI=1S/C10H13NO3S/c1-11-15(14,8-10(12)13)7-9-5-3-2-4-6-9/h2-6H,7-8H2,1H3,(H,12,13). The van der Waals surface area contributed by atoms with E-state index in [4.69, 9.17) is 5.11 Å². The molecule has 15 heavy (non-hydrogen) atoms. The second kappa shape index (κ2) is 4.93. The Bertz CT molecular complexity index is 447. The average molecular weight is 227 g/mol. The molecule has 0 heterocycles. The number of nitrogens with zero attached hydrogens (tertiary/aromatic N) is 1. The van der Waals surface area contributed by atoms with Crippen LogP contribution in [0.3, 0.4) is 0 Å². The minimum Gasteiger partial charge on any atom is -0.481 e. The van der Waals surface area contributed by atoms with Crippen LogP contribution >= 0.6 is 0 Å². The number of rotatable bonds is 4. The van der Waals surface area contributed by atoms with E-state index in [-0.39, 0.29) is 5.75 Å². The summed E-state index contributed by atoms with van der Waals surface area (Å²) in [5, 5.41) is 8.62. The van der Waals surface area contributed by atoms with Gasteiger partial charge in [-0.05, 0) is 5.56 Å². The van der Waals surface area contributed by atoms with E-state index in [1.165, 1.54) is 7.05 Å². The van der Waals surface area contributed by atoms with Crippen molar-refractivity contribution in [3.8, 4) is 0 Å². The molecule has 0 bridgehead atoms. The lowest BCUT2D eigenvalue weighted by Gasteiger charge is -2.06. The molecule has 0 saturated carbocycles. The molecule has 4 nitrogen and oxygen atoms in total. The maximum absolute atomic E-state index is 12.0. The fourth-order valence-corrected chi connectivity index (χ4v) is 2.67. The summed E-state index contributed by atoms with van der Waals surface area (Å²) in [5.41, 5.74) is 0.842. The topological polar surface area (TPSA) is 66.7 Å². The zero-order valence-electron chi connectivity index (χ0n) is 8.42. The van der Waals surface area contributed by atoms with Crippen molar-refractivity contribution in [1.29, 1.82) is 0 Å². The Morgan fingerprint density at radius 2 is 2.00 bits per heavy atom. The van der Waals surface area contributed by atoms with Crippen molar-refractivity contribution in [1.82, 2.24) is 0 Å². The Kier molecular flexibility index (Phi) is 3.85. The van der Waals surface area contributed by atoms with Gasteiger partial charge in [0.2, 0.25) is 0 Å². The van der Waals surface area contributed by atoms with Crippen LogP contribution in [0.1, 0.15) is 5.56 Å². The molecule has 1 rings (SSSR count). The summed E-state index contributed by atoms with van der Waals surface area (Å²) in [6, 6.07) is 9.13. The number of hydrogen-bond donors (Lipinski definition) is 1. The van der Waals surface area contributed by atoms with Gasteiger partial charge in [0, 0.05) is 7.05 Å². The molecular formula is C10H13NO3S. The second-order valence-electron chi connectivity index (χ2n) is 3.12. The largest absolute Gasteiger partial charge is 0.481 e. The molecule has 0 amide bonds. The first kappa shape index (κ1) is 11.7. The molecule has 0 aliphatic carbocycles. The Morgan fingerprint density at radius 1 is 1.40 bits per heavy atom. The van der Waals surface area contributed by atoms with Gasteiger partial charge in [-0.2, -0.15) is 0 Å². The summed E-state index contributed by atoms with van der Waals surface area (Å²) in [7, 11) is -1.26. The summed E-state index contributed by atoms with van der Waals surface area (Å²) in [6.07, 6.45) is 0. The van der Waals surface area contributed by atoms with Crippen molar-refractivity contribution in [2.75, 3.05) is 12.8 Å². The highest BCUT2D eigenvalue weighted by molar-refractivity contribution is 7.93. The van der Waals surface area contributed by atoms with E-state index in [1.807, 2.05) is 30.3 Å². The number of hydrogen-bond acceptors (Lipinski definition) is 3. The number of carbonyl (C=O) groups is 1. The number of benzene rings is 1. The summed E-state index contributed by atoms with van der Waals surface area (Å²) < 4.78 is 15.7. The van der Waals surface area contributed by atoms with Crippen LogP contribution in [0.4, 0.5) is 0 Å². The zero-order chi connectivity index (χ0) is 11.3. The molecule has 82 valence electrons. The first-order valence-corrected chi connectivity index (χ1v) is 6.27. The lowest BCUT2D eigenvalue weighted by atomic mass is 10.2. The lowest BCUT2D eigenvalue weighted by molar-refractivity contribution is -0.134. The Labute approximate surface area is 89.1 Å². The predicted octanol–water partition coefficient (Wildman–Crippen LogP) is 1.37. The fourth-order valence-electron chi connectivity index (χ4n) is 1.21. The summed E-state index contributed by atoms with van der Waals surface area (Å²) >= 11 is 0. The quantitative estimate of drug-likeness (QED) is 0.844. The van der Waals surface area contributed by atoms with Crippen molar-refractivity contribution in [3.05, 3.63) is 35.9 Å². The van der Waals surface area contributed by atoms with E-state index in [9.17, 15) is 9.00 Å². The highest BCUT2D eigenvalue weighted by Crippen LogP contribution is 2.08. The molecule has 0 fully saturated rings. The van der Waals surface area contributed by atoms with Crippen LogP contribution in [-0.4, -0.2) is 28.1 Å². The van der Waals surface area contributed by atoms with Gasteiger partial charge in [0.25, 0.3) is 0 Å². The minimum atomic E-state index is -2.65. The third-order valence-corrected chi connectivity index (χ3v) is 4.06. The van der Waals surface area contributed by atoms with Crippen LogP contribution < -0.4 is 0 Å². The number of aliphatic carboxylic acids is 1. The number of carboxylic acids is 1. The summed E-state index contributed by atoms with van der Waals surface area (Å²) in [5.74, 6) is -1.30. The molecule has 0 saturated heterocycles. The molecule has 0 aromatic heterocycles. The molecule has 1 aromatic rings. The van der Waals surface area contributed by atoms with E-state index in [2.05, 4.69) is 4.36 Å². The average Bonchev–Trinajstić information content (AvgIpc) is 2.18. The maximum atomic E-state index is 12.0. The SMILES string of the molecule is CN=S(=O)(CC(=O)O)Cc1ccccc1. The van der Waals surface area contributed by atoms with E-state index in [0.29, 0.717) is 0 Å². The van der Waals surface area contributed by atoms with Crippen LogP contribution in [0.15, 0.2) is 34.7 Å². The van der Waals surface area contributed by atoms with Crippen LogP contribution in [0, 0.1) is 0 Å². The number of carboxylic acid groups (broad SMARTS) is 1. The zero-order valence-corrected chi connectivity index (χ0v) is 9.24. The van der Waals surface area contributed by atoms with Crippen molar-refractivity contribution < 1.29 is 14.1 Å². The third-order valence-electron chi connectivity index (χ3n) is 1.92. The van der Waals surface area contributed by atoms with Gasteiger partial charge in [0.15, 0.2) is 0 Å². The van der Waals surface area contributed by atoms with Gasteiger partial charge in [0.05, 0.1) is 15.5 Å². The second-order valence-corrected chi connectivity index (χ2v) is 5.61. The van der Waals surface area contributed by atoms with Gasteiger partial charge in [-0.25, -0.2) is 8.57 Å². The van der Waals surface area contributed by atoms with Gasteiger partial charge >= 0.3 is 5.97 Å². The predicted molar refractivity (Wildman–Crippen MR) is 59.1 cm³/mol. The molecule has 1 atom stereocenters. The Morgan fingerprint density at radius 3 is 2.47 bits per heavy atom. The molecule has 5 heteroatoms. The van der Waals surface area contributed by atoms with Crippen LogP contribution in [0.2, 0.25) is 0 Å². The molecule has 0 aliphatic rings. The lowest BCUT2D eigenvalue weighted by Crippen LogP contribution is -2.16. The van der Waals surface area contributed by atoms with Crippen molar-refractivity contribution in [3.63, 3.8) is 0 Å². The van der Waals surface area contributed by atoms with E-state index >= 15 is 0 Å². The molecule has 0 radical (unpaired) electrons. The molecule has 0 aliphatic heterocycles. The maximum Gasteiger partial charge on any atom is 0.317 e. The summed E-state index contributed by atoms with van der Waals surface area (Å²) in [4.78, 5) is 10.5. The van der Waals surface area contributed by atoms with Gasteiger partial charge in [-0.15, -0.1) is 0 Å². The van der Waals surface area contributed by atoms with E-state index < -0.39 is 21.5 Å². The minimum absolute atomic E-state index is 0.191. The third kappa shape index (κ3) is 3.71. The van der Waals surface area contributed by atoms with Gasteiger partial charge < -0.3 is 5.11 Å². The van der Waals surface area contributed by atoms with Crippen LogP contribution in [0.5, 0.6) is 0 Å². The van der Waals surface area contributed by atoms with Gasteiger partial charge in [-0.3, -0.25) is 4.79 Å². The molecule has 1 N–H and O–H groups in total. The van der Waals surface area contributed by atoms with Crippen LogP contribution in [-0.2, 0) is 20.3 Å². The van der Waals surface area contributed by atoms with E-state index in [0.717, 1.165) is 5.56 Å². The highest BCUT2D eigenvalue weighted by Gasteiger charge is 2.13. The van der Waals surface area contributed by atoms with Crippen molar-refractivity contribution >= 4 is 15.7 Å². The van der Waals surface area contributed by atoms with Crippen molar-refractivity contribution in [2.45, 2.75) is 5.75 Å². The van der Waals surface area contributed by atoms with Crippen molar-refractivity contribution in [2.24, 2.45) is 4.36 Å². The first-order chi connectivity index (χ1) is 7.06. The Balaban J connectivity index is 2.88. The highest BCUT2D eigenvalue weighted by atomic mass is 32.2. The van der Waals surface area contributed by atoms with Crippen LogP contribution in [0.25, 0.3) is 0 Å². The fraction of sp³-hybridized carbons (Fsp3) is 0.300. The molecule has 0 spiro atoms. The van der Waals surface area contributed by atoms with Gasteiger partial charge in [0.1, 0.15) is 5.75 Å². The monoisotopic (exact) mass is 227 g/mol. The van der Waals surface area contributed by atoms with Gasteiger partial charge in [-0.1, -0.05) is 30.3 Å². The normalized spacial score (nSPS) is 14.2. The first-order valence-electron chi connectivity index (χ1n) is 4.42.